The first kappa shape index (κ1) is 13.1. The van der Waals surface area contributed by atoms with E-state index >= 15 is 0 Å². The number of morpholine rings is 1. The highest BCUT2D eigenvalue weighted by atomic mass is 16.5. The van der Waals surface area contributed by atoms with Crippen LogP contribution in [0.4, 0.5) is 5.82 Å². The van der Waals surface area contributed by atoms with Gasteiger partial charge in [-0.25, -0.2) is 9.97 Å². The zero-order valence-corrected chi connectivity index (χ0v) is 11.5. The quantitative estimate of drug-likeness (QED) is 0.821. The minimum Gasteiger partial charge on any atom is -0.478 e. The van der Waals surface area contributed by atoms with Gasteiger partial charge < -0.3 is 14.4 Å². The van der Waals surface area contributed by atoms with E-state index in [-0.39, 0.29) is 11.7 Å². The molecule has 1 unspecified atom stereocenters. The van der Waals surface area contributed by atoms with Gasteiger partial charge in [0.15, 0.2) is 0 Å². The van der Waals surface area contributed by atoms with Gasteiger partial charge in [0.05, 0.1) is 18.3 Å². The standard InChI is InChI=1S/C13H21N3O2/c1-5-17-12-6-11(14-9-15-12)16-7-10(2)18-13(3,4)8-16/h6,9-10H,5,7-8H2,1-4H3. The first-order valence-corrected chi connectivity index (χ1v) is 6.38. The summed E-state index contributed by atoms with van der Waals surface area (Å²) in [5, 5.41) is 0. The highest BCUT2D eigenvalue weighted by Crippen LogP contribution is 2.25. The van der Waals surface area contributed by atoms with Crippen LogP contribution in [-0.2, 0) is 4.74 Å². The number of aromatic nitrogens is 2. The molecule has 1 aliphatic heterocycles. The second-order valence-electron chi connectivity index (χ2n) is 5.22. The van der Waals surface area contributed by atoms with E-state index in [1.165, 1.54) is 0 Å². The molecule has 1 aromatic heterocycles. The molecule has 0 bridgehead atoms. The van der Waals surface area contributed by atoms with Crippen LogP contribution in [0.15, 0.2) is 12.4 Å². The second kappa shape index (κ2) is 5.10. The molecule has 100 valence electrons. The van der Waals surface area contributed by atoms with Gasteiger partial charge in [0, 0.05) is 19.2 Å². The summed E-state index contributed by atoms with van der Waals surface area (Å²) < 4.78 is 11.3. The molecular formula is C13H21N3O2. The zero-order chi connectivity index (χ0) is 13.2. The zero-order valence-electron chi connectivity index (χ0n) is 11.5. The molecular weight excluding hydrogens is 230 g/mol. The summed E-state index contributed by atoms with van der Waals surface area (Å²) in [7, 11) is 0. The van der Waals surface area contributed by atoms with E-state index in [1.807, 2.05) is 13.0 Å². The Bertz CT molecular complexity index is 409. The fourth-order valence-electron chi connectivity index (χ4n) is 2.36. The van der Waals surface area contributed by atoms with Crippen molar-refractivity contribution < 1.29 is 9.47 Å². The summed E-state index contributed by atoms with van der Waals surface area (Å²) in [6.07, 6.45) is 1.74. The van der Waals surface area contributed by atoms with Crippen LogP contribution in [0.3, 0.4) is 0 Å². The van der Waals surface area contributed by atoms with Crippen molar-refractivity contribution >= 4 is 5.82 Å². The van der Waals surface area contributed by atoms with Crippen molar-refractivity contribution in [1.29, 1.82) is 0 Å². The third kappa shape index (κ3) is 3.10. The maximum absolute atomic E-state index is 5.89. The Morgan fingerprint density at radius 3 is 2.94 bits per heavy atom. The largest absolute Gasteiger partial charge is 0.478 e. The molecule has 1 atom stereocenters. The Morgan fingerprint density at radius 2 is 2.28 bits per heavy atom. The normalized spacial score (nSPS) is 22.9. The van der Waals surface area contributed by atoms with Crippen LogP contribution in [0, 0.1) is 0 Å². The smallest absolute Gasteiger partial charge is 0.218 e. The molecule has 18 heavy (non-hydrogen) atoms. The lowest BCUT2D eigenvalue weighted by Crippen LogP contribution is -2.52. The number of hydrogen-bond acceptors (Lipinski definition) is 5. The van der Waals surface area contributed by atoms with E-state index in [2.05, 4.69) is 35.6 Å². The van der Waals surface area contributed by atoms with E-state index < -0.39 is 0 Å². The number of nitrogens with zero attached hydrogens (tertiary/aromatic N) is 3. The van der Waals surface area contributed by atoms with E-state index in [0.29, 0.717) is 12.5 Å². The Labute approximate surface area is 108 Å². The van der Waals surface area contributed by atoms with Gasteiger partial charge in [-0.3, -0.25) is 0 Å². The Kier molecular flexibility index (Phi) is 3.71. The van der Waals surface area contributed by atoms with Gasteiger partial charge in [-0.05, 0) is 27.7 Å². The maximum atomic E-state index is 5.89. The molecule has 1 aliphatic rings. The summed E-state index contributed by atoms with van der Waals surface area (Å²) in [6, 6.07) is 1.89. The van der Waals surface area contributed by atoms with Crippen molar-refractivity contribution in [2.75, 3.05) is 24.6 Å². The Balaban J connectivity index is 2.17. The van der Waals surface area contributed by atoms with E-state index in [0.717, 1.165) is 18.9 Å². The van der Waals surface area contributed by atoms with Crippen molar-refractivity contribution in [3.63, 3.8) is 0 Å². The number of rotatable bonds is 3. The van der Waals surface area contributed by atoms with Gasteiger partial charge in [0.2, 0.25) is 5.88 Å². The number of ether oxygens (including phenoxy) is 2. The minimum atomic E-state index is -0.158. The molecule has 0 aromatic carbocycles. The molecule has 5 heteroatoms. The summed E-state index contributed by atoms with van der Waals surface area (Å²) in [6.45, 7) is 10.5. The first-order chi connectivity index (χ1) is 8.50. The molecule has 5 nitrogen and oxygen atoms in total. The fraction of sp³-hybridized carbons (Fsp3) is 0.692. The van der Waals surface area contributed by atoms with Gasteiger partial charge in [0.25, 0.3) is 0 Å². The van der Waals surface area contributed by atoms with E-state index in [9.17, 15) is 0 Å². The van der Waals surface area contributed by atoms with Crippen LogP contribution in [-0.4, -0.2) is 41.4 Å². The summed E-state index contributed by atoms with van der Waals surface area (Å²) >= 11 is 0. The van der Waals surface area contributed by atoms with Gasteiger partial charge in [-0.1, -0.05) is 0 Å². The number of anilines is 1. The van der Waals surface area contributed by atoms with Crippen molar-refractivity contribution in [2.45, 2.75) is 39.4 Å². The third-order valence-corrected chi connectivity index (χ3v) is 2.81. The number of hydrogen-bond donors (Lipinski definition) is 0. The van der Waals surface area contributed by atoms with Crippen molar-refractivity contribution in [2.24, 2.45) is 0 Å². The van der Waals surface area contributed by atoms with Gasteiger partial charge in [-0.2, -0.15) is 0 Å². The monoisotopic (exact) mass is 251 g/mol. The molecule has 2 heterocycles. The van der Waals surface area contributed by atoms with Crippen LogP contribution < -0.4 is 9.64 Å². The summed E-state index contributed by atoms with van der Waals surface area (Å²) in [5.74, 6) is 1.52. The van der Waals surface area contributed by atoms with Crippen LogP contribution in [0.2, 0.25) is 0 Å². The lowest BCUT2D eigenvalue weighted by Gasteiger charge is -2.42. The first-order valence-electron chi connectivity index (χ1n) is 6.38. The molecule has 1 saturated heterocycles. The highest BCUT2D eigenvalue weighted by Gasteiger charge is 2.32. The van der Waals surface area contributed by atoms with Crippen LogP contribution >= 0.6 is 0 Å². The molecule has 1 aromatic rings. The molecule has 0 radical (unpaired) electrons. The van der Waals surface area contributed by atoms with Crippen molar-refractivity contribution in [1.82, 2.24) is 9.97 Å². The van der Waals surface area contributed by atoms with Crippen LogP contribution in [0.1, 0.15) is 27.7 Å². The SMILES string of the molecule is CCOc1cc(N2CC(C)OC(C)(C)C2)ncn1. The Morgan fingerprint density at radius 1 is 1.50 bits per heavy atom. The van der Waals surface area contributed by atoms with Crippen molar-refractivity contribution in [3.8, 4) is 5.88 Å². The minimum absolute atomic E-state index is 0.158. The van der Waals surface area contributed by atoms with Gasteiger partial charge in [0.1, 0.15) is 12.1 Å². The lowest BCUT2D eigenvalue weighted by atomic mass is 10.1. The van der Waals surface area contributed by atoms with Gasteiger partial charge in [-0.15, -0.1) is 0 Å². The Hall–Kier alpha value is -1.36. The van der Waals surface area contributed by atoms with Crippen LogP contribution in [0.5, 0.6) is 5.88 Å². The third-order valence-electron chi connectivity index (χ3n) is 2.81. The van der Waals surface area contributed by atoms with Gasteiger partial charge >= 0.3 is 0 Å². The molecule has 1 fully saturated rings. The molecule has 0 aliphatic carbocycles. The lowest BCUT2D eigenvalue weighted by molar-refractivity contribution is -0.0751. The molecule has 0 N–H and O–H groups in total. The summed E-state index contributed by atoms with van der Waals surface area (Å²) in [4.78, 5) is 10.6. The fourth-order valence-corrected chi connectivity index (χ4v) is 2.36. The summed E-state index contributed by atoms with van der Waals surface area (Å²) in [5.41, 5.74) is -0.158. The average molecular weight is 251 g/mol. The average Bonchev–Trinajstić information content (AvgIpc) is 2.27. The van der Waals surface area contributed by atoms with E-state index in [4.69, 9.17) is 9.47 Å². The highest BCUT2D eigenvalue weighted by molar-refractivity contribution is 5.42. The van der Waals surface area contributed by atoms with E-state index in [1.54, 1.807) is 6.33 Å². The van der Waals surface area contributed by atoms with Crippen molar-refractivity contribution in [3.05, 3.63) is 12.4 Å². The molecule has 0 amide bonds. The predicted molar refractivity (Wildman–Crippen MR) is 70.0 cm³/mol. The second-order valence-corrected chi connectivity index (χ2v) is 5.22. The molecule has 0 saturated carbocycles. The topological polar surface area (TPSA) is 47.5 Å². The maximum Gasteiger partial charge on any atom is 0.218 e. The molecule has 2 rings (SSSR count). The predicted octanol–water partition coefficient (Wildman–Crippen LogP) is 1.88. The van der Waals surface area contributed by atoms with Crippen LogP contribution in [0.25, 0.3) is 0 Å². The molecule has 0 spiro atoms.